The minimum Gasteiger partial charge on any atom is -1.00 e. The molecule has 0 saturated carbocycles. The fourth-order valence-corrected chi connectivity index (χ4v) is 1.84. The topological polar surface area (TPSA) is 33.7 Å². The highest BCUT2D eigenvalue weighted by molar-refractivity contribution is 5.46. The zero-order valence-electron chi connectivity index (χ0n) is 12.6. The average molecular weight is 323 g/mol. The summed E-state index contributed by atoms with van der Waals surface area (Å²) < 4.78 is 10.7. The Kier molecular flexibility index (Phi) is 13.1. The van der Waals surface area contributed by atoms with Gasteiger partial charge in [-0.3, -0.25) is 0 Å². The molecule has 1 aromatic rings. The summed E-state index contributed by atoms with van der Waals surface area (Å²) in [7, 11) is 7.51. The molecule has 0 heterocycles. The van der Waals surface area contributed by atoms with Gasteiger partial charge in [-0.15, -0.1) is 0 Å². The fourth-order valence-electron chi connectivity index (χ4n) is 1.84. The normalized spacial score (nSPS) is 9.65. The summed E-state index contributed by atoms with van der Waals surface area (Å²) in [4.78, 5) is 2.19. The first kappa shape index (κ1) is 21.6. The number of hydrogen-bond donors (Lipinski definition) is 1. The molecule has 20 heavy (non-hydrogen) atoms. The van der Waals surface area contributed by atoms with E-state index in [1.165, 1.54) is 0 Å². The standard InChI is InChI=1S/C14H24N2O2.2ClH/c1-16(2)10-6-9-15-11-12-7-5-8-13(17-3)14(12)18-4;;/h5,7-8,15H,6,9-11H2,1-4H3;2*1H/p-2. The first-order chi connectivity index (χ1) is 8.69. The van der Waals surface area contributed by atoms with Gasteiger partial charge in [0.2, 0.25) is 0 Å². The number of hydrogen-bond acceptors (Lipinski definition) is 4. The molecule has 0 bridgehead atoms. The van der Waals surface area contributed by atoms with Crippen molar-refractivity contribution in [3.05, 3.63) is 23.8 Å². The number of ether oxygens (including phenoxy) is 2. The van der Waals surface area contributed by atoms with Crippen LogP contribution in [0.5, 0.6) is 11.5 Å². The molecule has 0 saturated heterocycles. The minimum atomic E-state index is 0. The SMILES string of the molecule is COc1cccc(CNCCCN(C)C)c1OC.[Cl-].[Cl-]. The van der Waals surface area contributed by atoms with Crippen molar-refractivity contribution in [3.8, 4) is 11.5 Å². The lowest BCUT2D eigenvalue weighted by Crippen LogP contribution is -3.00. The van der Waals surface area contributed by atoms with Crippen LogP contribution in [0.2, 0.25) is 0 Å². The van der Waals surface area contributed by atoms with Gasteiger partial charge in [-0.1, -0.05) is 12.1 Å². The lowest BCUT2D eigenvalue weighted by atomic mass is 10.2. The van der Waals surface area contributed by atoms with E-state index in [0.717, 1.165) is 43.1 Å². The van der Waals surface area contributed by atoms with E-state index in [9.17, 15) is 0 Å². The first-order valence-electron chi connectivity index (χ1n) is 6.24. The van der Waals surface area contributed by atoms with Crippen LogP contribution in [0.1, 0.15) is 12.0 Å². The summed E-state index contributed by atoms with van der Waals surface area (Å²) in [6.45, 7) is 2.90. The number of nitrogens with one attached hydrogen (secondary N) is 1. The second kappa shape index (κ2) is 12.1. The predicted molar refractivity (Wildman–Crippen MR) is 74.4 cm³/mol. The Hall–Kier alpha value is -0.680. The quantitative estimate of drug-likeness (QED) is 0.492. The van der Waals surface area contributed by atoms with E-state index in [1.54, 1.807) is 14.2 Å². The van der Waals surface area contributed by atoms with E-state index < -0.39 is 0 Å². The number of rotatable bonds is 8. The Labute approximate surface area is 134 Å². The third kappa shape index (κ3) is 7.20. The van der Waals surface area contributed by atoms with Gasteiger partial charge in [0.15, 0.2) is 11.5 Å². The highest BCUT2D eigenvalue weighted by Gasteiger charge is 2.08. The number of halogens is 2. The molecule has 6 heteroatoms. The molecule has 4 nitrogen and oxygen atoms in total. The summed E-state index contributed by atoms with van der Waals surface area (Å²) in [6, 6.07) is 5.95. The van der Waals surface area contributed by atoms with Crippen molar-refractivity contribution in [2.45, 2.75) is 13.0 Å². The summed E-state index contributed by atoms with van der Waals surface area (Å²) in [5.41, 5.74) is 1.13. The third-order valence-electron chi connectivity index (χ3n) is 2.76. The van der Waals surface area contributed by atoms with Gasteiger partial charge < -0.3 is 44.5 Å². The zero-order valence-corrected chi connectivity index (χ0v) is 14.1. The maximum absolute atomic E-state index is 5.39. The van der Waals surface area contributed by atoms with E-state index >= 15 is 0 Å². The van der Waals surface area contributed by atoms with Crippen LogP contribution in [-0.4, -0.2) is 46.3 Å². The van der Waals surface area contributed by atoms with Crippen molar-refractivity contribution in [2.75, 3.05) is 41.4 Å². The van der Waals surface area contributed by atoms with Gasteiger partial charge in [0.25, 0.3) is 0 Å². The Morgan fingerprint density at radius 3 is 2.35 bits per heavy atom. The molecule has 0 aromatic heterocycles. The van der Waals surface area contributed by atoms with E-state index in [4.69, 9.17) is 9.47 Å². The molecule has 0 aliphatic carbocycles. The second-order valence-electron chi connectivity index (χ2n) is 4.49. The molecule has 1 rings (SSSR count). The maximum Gasteiger partial charge on any atom is 0.165 e. The van der Waals surface area contributed by atoms with E-state index in [-0.39, 0.29) is 24.8 Å². The van der Waals surface area contributed by atoms with Crippen LogP contribution in [0.3, 0.4) is 0 Å². The highest BCUT2D eigenvalue weighted by Crippen LogP contribution is 2.30. The van der Waals surface area contributed by atoms with Crippen molar-refractivity contribution < 1.29 is 34.3 Å². The van der Waals surface area contributed by atoms with Crippen LogP contribution in [-0.2, 0) is 6.54 Å². The maximum atomic E-state index is 5.39. The van der Waals surface area contributed by atoms with Gasteiger partial charge in [-0.2, -0.15) is 0 Å². The van der Waals surface area contributed by atoms with Gasteiger partial charge in [0.1, 0.15) is 0 Å². The van der Waals surface area contributed by atoms with E-state index in [2.05, 4.69) is 30.4 Å². The van der Waals surface area contributed by atoms with Crippen molar-refractivity contribution >= 4 is 0 Å². The van der Waals surface area contributed by atoms with Gasteiger partial charge in [0.05, 0.1) is 14.2 Å². The summed E-state index contributed by atoms with van der Waals surface area (Å²) >= 11 is 0. The molecule has 1 aromatic carbocycles. The van der Waals surface area contributed by atoms with Crippen LogP contribution < -0.4 is 39.6 Å². The van der Waals surface area contributed by atoms with Crippen LogP contribution in [0.4, 0.5) is 0 Å². The molecule has 0 amide bonds. The number of benzene rings is 1. The van der Waals surface area contributed by atoms with Crippen molar-refractivity contribution in [1.29, 1.82) is 0 Å². The largest absolute Gasteiger partial charge is 1.00 e. The van der Waals surface area contributed by atoms with Crippen LogP contribution >= 0.6 is 0 Å². The zero-order chi connectivity index (χ0) is 13.4. The van der Waals surface area contributed by atoms with Gasteiger partial charge in [-0.25, -0.2) is 0 Å². The van der Waals surface area contributed by atoms with Gasteiger partial charge >= 0.3 is 0 Å². The van der Waals surface area contributed by atoms with E-state index in [1.807, 2.05) is 12.1 Å². The monoisotopic (exact) mass is 322 g/mol. The van der Waals surface area contributed by atoms with Crippen molar-refractivity contribution in [2.24, 2.45) is 0 Å². The Morgan fingerprint density at radius 1 is 1.10 bits per heavy atom. The van der Waals surface area contributed by atoms with Crippen molar-refractivity contribution in [1.82, 2.24) is 10.2 Å². The smallest absolute Gasteiger partial charge is 0.165 e. The van der Waals surface area contributed by atoms with Crippen LogP contribution in [0, 0.1) is 0 Å². The minimum absolute atomic E-state index is 0. The molecule has 0 fully saturated rings. The highest BCUT2D eigenvalue weighted by atomic mass is 35.5. The molecule has 118 valence electrons. The Balaban J connectivity index is 0. The third-order valence-corrected chi connectivity index (χ3v) is 2.76. The summed E-state index contributed by atoms with van der Waals surface area (Å²) in [5.74, 6) is 1.60. The molecule has 0 aliphatic heterocycles. The van der Waals surface area contributed by atoms with Crippen LogP contribution in [0.25, 0.3) is 0 Å². The number of methoxy groups -OCH3 is 2. The summed E-state index contributed by atoms with van der Waals surface area (Å²) in [5, 5.41) is 3.42. The Morgan fingerprint density at radius 2 is 1.80 bits per heavy atom. The lowest BCUT2D eigenvalue weighted by Gasteiger charge is -2.13. The molecule has 0 spiro atoms. The molecular formula is C14H24Cl2N2O2-2. The number of para-hydroxylation sites is 1. The summed E-state index contributed by atoms with van der Waals surface area (Å²) in [6.07, 6.45) is 1.14. The lowest BCUT2D eigenvalue weighted by molar-refractivity contribution is -0.00100. The molecular weight excluding hydrogens is 299 g/mol. The fraction of sp³-hybridized carbons (Fsp3) is 0.571. The first-order valence-corrected chi connectivity index (χ1v) is 6.24. The molecule has 0 aliphatic rings. The number of nitrogens with zero attached hydrogens (tertiary/aromatic N) is 1. The average Bonchev–Trinajstić information content (AvgIpc) is 2.37. The molecule has 1 N–H and O–H groups in total. The van der Waals surface area contributed by atoms with Gasteiger partial charge in [0, 0.05) is 12.1 Å². The van der Waals surface area contributed by atoms with Gasteiger partial charge in [-0.05, 0) is 39.7 Å². The predicted octanol–water partition coefficient (Wildman–Crippen LogP) is -4.25. The van der Waals surface area contributed by atoms with Crippen molar-refractivity contribution in [3.63, 3.8) is 0 Å². The molecule has 0 atom stereocenters. The second-order valence-corrected chi connectivity index (χ2v) is 4.49. The van der Waals surface area contributed by atoms with Crippen LogP contribution in [0.15, 0.2) is 18.2 Å². The molecule has 0 unspecified atom stereocenters. The molecule has 0 radical (unpaired) electrons. The Bertz CT molecular complexity index is 363. The van der Waals surface area contributed by atoms with E-state index in [0.29, 0.717) is 0 Å².